The molecule has 3 N–H and O–H groups in total. The van der Waals surface area contributed by atoms with Gasteiger partial charge in [0.25, 0.3) is 0 Å². The van der Waals surface area contributed by atoms with Crippen molar-refractivity contribution in [2.24, 2.45) is 11.8 Å². The first-order valence-electron chi connectivity index (χ1n) is 10.7. The molecule has 0 saturated carbocycles. The van der Waals surface area contributed by atoms with Gasteiger partial charge in [-0.25, -0.2) is 0 Å². The maximum absolute atomic E-state index is 12.7. The Hall–Kier alpha value is -2.66. The maximum Gasteiger partial charge on any atom is 0.241 e. The second-order valence-electron chi connectivity index (χ2n) is 8.70. The topological polar surface area (TPSA) is 70.2 Å². The largest absolute Gasteiger partial charge is 0.326 e. The lowest BCUT2D eigenvalue weighted by Crippen LogP contribution is -2.41. The van der Waals surface area contributed by atoms with Gasteiger partial charge in [0.2, 0.25) is 11.8 Å². The van der Waals surface area contributed by atoms with Crippen LogP contribution in [0.3, 0.4) is 0 Å². The van der Waals surface area contributed by atoms with Crippen molar-refractivity contribution in [3.05, 3.63) is 59.7 Å². The summed E-state index contributed by atoms with van der Waals surface area (Å²) < 4.78 is 0. The lowest BCUT2D eigenvalue weighted by molar-refractivity contribution is -0.118. The Bertz CT molecular complexity index is 826. The number of hydrogen-bond acceptors (Lipinski definition) is 3. The summed E-state index contributed by atoms with van der Waals surface area (Å²) in [6.45, 7) is 12.1. The normalized spacial score (nSPS) is 13.2. The Labute approximate surface area is 180 Å². The molecule has 0 radical (unpaired) electrons. The Kier molecular flexibility index (Phi) is 8.60. The average molecular weight is 410 g/mol. The quantitative estimate of drug-likeness (QED) is 0.536. The van der Waals surface area contributed by atoms with Gasteiger partial charge in [-0.15, -0.1) is 0 Å². The summed E-state index contributed by atoms with van der Waals surface area (Å²) in [7, 11) is 0. The molecule has 5 heteroatoms. The van der Waals surface area contributed by atoms with E-state index in [0.29, 0.717) is 23.2 Å². The molecule has 2 atom stereocenters. The van der Waals surface area contributed by atoms with Crippen LogP contribution in [0, 0.1) is 11.8 Å². The van der Waals surface area contributed by atoms with Gasteiger partial charge in [-0.1, -0.05) is 52.0 Å². The molecule has 0 bridgehead atoms. The van der Waals surface area contributed by atoms with Crippen LogP contribution < -0.4 is 16.0 Å². The van der Waals surface area contributed by atoms with E-state index in [0.717, 1.165) is 6.42 Å². The Balaban J connectivity index is 2.00. The van der Waals surface area contributed by atoms with Crippen LogP contribution in [-0.4, -0.2) is 17.9 Å². The van der Waals surface area contributed by atoms with Crippen molar-refractivity contribution >= 4 is 23.2 Å². The lowest BCUT2D eigenvalue weighted by atomic mass is 9.93. The molecule has 0 aliphatic rings. The number of rotatable bonds is 9. The van der Waals surface area contributed by atoms with Crippen LogP contribution in [0.15, 0.2) is 48.5 Å². The first-order valence-corrected chi connectivity index (χ1v) is 10.7. The van der Waals surface area contributed by atoms with E-state index >= 15 is 0 Å². The Morgan fingerprint density at radius 1 is 0.800 bits per heavy atom. The first-order chi connectivity index (χ1) is 14.2. The second kappa shape index (κ2) is 10.9. The standard InChI is InChI=1S/C25H35N3O2/c1-16(2)15-20-7-9-21(10-8-20)24(17(3)4)26-18(5)25(30)28-23-13-11-22(12-14-23)27-19(6)29/h7-14,16-18,24,26H,15H2,1-6H3,(H,27,29)(H,28,30)/t18-,24-/m0/s1. The van der Waals surface area contributed by atoms with Gasteiger partial charge in [0.05, 0.1) is 6.04 Å². The molecule has 0 saturated heterocycles. The lowest BCUT2D eigenvalue weighted by Gasteiger charge is -2.27. The summed E-state index contributed by atoms with van der Waals surface area (Å²) in [5.41, 5.74) is 3.93. The molecule has 2 aromatic rings. The summed E-state index contributed by atoms with van der Waals surface area (Å²) in [5, 5.41) is 9.13. The molecule has 30 heavy (non-hydrogen) atoms. The van der Waals surface area contributed by atoms with Crippen molar-refractivity contribution in [3.63, 3.8) is 0 Å². The van der Waals surface area contributed by atoms with Crippen LogP contribution in [0.5, 0.6) is 0 Å². The number of amides is 2. The molecule has 0 heterocycles. The molecule has 5 nitrogen and oxygen atoms in total. The third-order valence-electron chi connectivity index (χ3n) is 4.95. The third-order valence-corrected chi connectivity index (χ3v) is 4.95. The van der Waals surface area contributed by atoms with E-state index in [1.165, 1.54) is 18.1 Å². The summed E-state index contributed by atoms with van der Waals surface area (Å²) in [5.74, 6) is 0.755. The van der Waals surface area contributed by atoms with Gasteiger partial charge in [-0.05, 0) is 60.6 Å². The minimum Gasteiger partial charge on any atom is -0.326 e. The van der Waals surface area contributed by atoms with Gasteiger partial charge in [0.15, 0.2) is 0 Å². The predicted octanol–water partition coefficient (Wildman–Crippen LogP) is 5.16. The van der Waals surface area contributed by atoms with Crippen LogP contribution in [-0.2, 0) is 16.0 Å². The monoisotopic (exact) mass is 409 g/mol. The molecule has 2 rings (SSSR count). The Morgan fingerprint density at radius 3 is 1.80 bits per heavy atom. The number of anilines is 2. The molecule has 0 spiro atoms. The number of hydrogen-bond donors (Lipinski definition) is 3. The van der Waals surface area contributed by atoms with Crippen LogP contribution in [0.2, 0.25) is 0 Å². The van der Waals surface area contributed by atoms with E-state index in [4.69, 9.17) is 0 Å². The van der Waals surface area contributed by atoms with Crippen LogP contribution >= 0.6 is 0 Å². The number of nitrogens with one attached hydrogen (secondary N) is 3. The van der Waals surface area contributed by atoms with Crippen molar-refractivity contribution in [3.8, 4) is 0 Å². The zero-order valence-corrected chi connectivity index (χ0v) is 19.0. The zero-order chi connectivity index (χ0) is 22.3. The zero-order valence-electron chi connectivity index (χ0n) is 19.0. The summed E-state index contributed by atoms with van der Waals surface area (Å²) in [6, 6.07) is 15.5. The summed E-state index contributed by atoms with van der Waals surface area (Å²) in [6.07, 6.45) is 1.07. The van der Waals surface area contributed by atoms with E-state index in [1.807, 2.05) is 6.92 Å². The van der Waals surface area contributed by atoms with Crippen LogP contribution in [0.1, 0.15) is 58.7 Å². The van der Waals surface area contributed by atoms with Crippen molar-refractivity contribution in [2.75, 3.05) is 10.6 Å². The van der Waals surface area contributed by atoms with Crippen molar-refractivity contribution in [2.45, 2.75) is 60.0 Å². The van der Waals surface area contributed by atoms with E-state index < -0.39 is 0 Å². The molecule has 0 aliphatic heterocycles. The molecule has 2 aromatic carbocycles. The molecule has 0 fully saturated rings. The highest BCUT2D eigenvalue weighted by Crippen LogP contribution is 2.24. The molecule has 0 aliphatic carbocycles. The molecule has 0 unspecified atom stereocenters. The fraction of sp³-hybridized carbons (Fsp3) is 0.440. The van der Waals surface area contributed by atoms with Crippen molar-refractivity contribution < 1.29 is 9.59 Å². The highest BCUT2D eigenvalue weighted by molar-refractivity contribution is 5.95. The van der Waals surface area contributed by atoms with E-state index in [2.05, 4.69) is 67.9 Å². The highest BCUT2D eigenvalue weighted by atomic mass is 16.2. The number of benzene rings is 2. The highest BCUT2D eigenvalue weighted by Gasteiger charge is 2.22. The van der Waals surface area contributed by atoms with Gasteiger partial charge in [0, 0.05) is 24.3 Å². The smallest absolute Gasteiger partial charge is 0.241 e. The van der Waals surface area contributed by atoms with Gasteiger partial charge in [0.1, 0.15) is 0 Å². The van der Waals surface area contributed by atoms with Crippen LogP contribution in [0.25, 0.3) is 0 Å². The first kappa shape index (κ1) is 23.6. The van der Waals surface area contributed by atoms with E-state index in [9.17, 15) is 9.59 Å². The minimum atomic E-state index is -0.359. The molecule has 0 aromatic heterocycles. The van der Waals surface area contributed by atoms with Crippen LogP contribution in [0.4, 0.5) is 11.4 Å². The SMILES string of the molecule is CC(=O)Nc1ccc(NC(=O)[C@H](C)N[C@H](c2ccc(CC(C)C)cc2)C(C)C)cc1. The minimum absolute atomic E-state index is 0.0843. The second-order valence-corrected chi connectivity index (χ2v) is 8.70. The van der Waals surface area contributed by atoms with Crippen molar-refractivity contribution in [1.29, 1.82) is 0 Å². The van der Waals surface area contributed by atoms with Gasteiger partial charge in [-0.3, -0.25) is 14.9 Å². The fourth-order valence-corrected chi connectivity index (χ4v) is 3.44. The maximum atomic E-state index is 12.7. The average Bonchev–Trinajstić information content (AvgIpc) is 2.67. The third kappa shape index (κ3) is 7.30. The van der Waals surface area contributed by atoms with Gasteiger partial charge < -0.3 is 10.6 Å². The fourth-order valence-electron chi connectivity index (χ4n) is 3.44. The predicted molar refractivity (Wildman–Crippen MR) is 125 cm³/mol. The number of carbonyl (C=O) groups is 2. The van der Waals surface area contributed by atoms with Gasteiger partial charge >= 0.3 is 0 Å². The molecule has 2 amide bonds. The van der Waals surface area contributed by atoms with Gasteiger partial charge in [-0.2, -0.15) is 0 Å². The van der Waals surface area contributed by atoms with E-state index in [-0.39, 0.29) is 23.9 Å². The molecular formula is C25H35N3O2. The van der Waals surface area contributed by atoms with Crippen molar-refractivity contribution in [1.82, 2.24) is 5.32 Å². The Morgan fingerprint density at radius 2 is 1.33 bits per heavy atom. The molecule has 162 valence electrons. The van der Waals surface area contributed by atoms with E-state index in [1.54, 1.807) is 24.3 Å². The molecular weight excluding hydrogens is 374 g/mol. The summed E-state index contributed by atoms with van der Waals surface area (Å²) >= 11 is 0. The number of carbonyl (C=O) groups excluding carboxylic acids is 2. The summed E-state index contributed by atoms with van der Waals surface area (Å²) in [4.78, 5) is 23.8.